The van der Waals surface area contributed by atoms with Gasteiger partial charge in [0.05, 0.1) is 12.7 Å². The molecule has 0 radical (unpaired) electrons. The van der Waals surface area contributed by atoms with Gasteiger partial charge < -0.3 is 9.47 Å². The third-order valence-corrected chi connectivity index (χ3v) is 5.01. The number of hydrogen-bond donors (Lipinski definition) is 0. The van der Waals surface area contributed by atoms with Crippen molar-refractivity contribution < 1.29 is 9.47 Å². The van der Waals surface area contributed by atoms with E-state index >= 15 is 0 Å². The van der Waals surface area contributed by atoms with Gasteiger partial charge in [-0.3, -0.25) is 13.9 Å². The van der Waals surface area contributed by atoms with Crippen LogP contribution in [0.25, 0.3) is 5.76 Å². The van der Waals surface area contributed by atoms with Gasteiger partial charge in [0.25, 0.3) is 5.56 Å². The van der Waals surface area contributed by atoms with Gasteiger partial charge in [-0.25, -0.2) is 4.79 Å². The maximum Gasteiger partial charge on any atom is 0.333 e. The summed E-state index contributed by atoms with van der Waals surface area (Å²) in [6.45, 7) is 0. The lowest BCUT2D eigenvalue weighted by Crippen LogP contribution is -2.41. The Bertz CT molecular complexity index is 1170. The lowest BCUT2D eigenvalue weighted by Gasteiger charge is -2.26. The summed E-state index contributed by atoms with van der Waals surface area (Å²) in [6.07, 6.45) is 1.92. The van der Waals surface area contributed by atoms with Crippen molar-refractivity contribution in [1.29, 1.82) is 0 Å². The lowest BCUT2D eigenvalue weighted by molar-refractivity contribution is 0.414. The van der Waals surface area contributed by atoms with Crippen LogP contribution in [0.4, 0.5) is 0 Å². The Labute approximate surface area is 161 Å². The molecule has 1 atom stereocenters. The minimum Gasteiger partial charge on any atom is -0.497 e. The topological polar surface area (TPSA) is 62.5 Å². The van der Waals surface area contributed by atoms with Crippen LogP contribution < -0.4 is 20.7 Å². The smallest absolute Gasteiger partial charge is 0.333 e. The second-order valence-corrected chi connectivity index (χ2v) is 6.67. The van der Waals surface area contributed by atoms with Crippen LogP contribution in [-0.2, 0) is 14.1 Å². The monoisotopic (exact) mass is 376 g/mol. The van der Waals surface area contributed by atoms with Crippen molar-refractivity contribution in [3.63, 3.8) is 0 Å². The Morgan fingerprint density at radius 3 is 2.25 bits per heavy atom. The molecule has 0 aliphatic carbocycles. The zero-order valence-corrected chi connectivity index (χ0v) is 15.9. The maximum atomic E-state index is 13.0. The molecule has 1 aromatic heterocycles. The Hall–Kier alpha value is -3.54. The zero-order valence-electron chi connectivity index (χ0n) is 15.9. The van der Waals surface area contributed by atoms with E-state index in [1.807, 2.05) is 60.7 Å². The molecule has 0 amide bonds. The molecular formula is C22H20N2O4. The minimum atomic E-state index is -0.424. The Morgan fingerprint density at radius 1 is 0.929 bits per heavy atom. The van der Waals surface area contributed by atoms with E-state index in [1.165, 1.54) is 11.6 Å². The molecule has 3 aromatic rings. The van der Waals surface area contributed by atoms with Gasteiger partial charge in [-0.2, -0.15) is 0 Å². The summed E-state index contributed by atoms with van der Waals surface area (Å²) in [5, 5.41) is 0. The number of hydrogen-bond acceptors (Lipinski definition) is 4. The number of ether oxygens (including phenoxy) is 2. The molecule has 0 bridgehead atoms. The van der Waals surface area contributed by atoms with Crippen LogP contribution in [0, 0.1) is 0 Å². The summed E-state index contributed by atoms with van der Waals surface area (Å²) in [7, 11) is 4.70. The molecule has 1 unspecified atom stereocenters. The van der Waals surface area contributed by atoms with E-state index in [9.17, 15) is 9.59 Å². The fraction of sp³-hybridized carbons (Fsp3) is 0.182. The van der Waals surface area contributed by atoms with Crippen LogP contribution in [-0.4, -0.2) is 16.2 Å². The van der Waals surface area contributed by atoms with Gasteiger partial charge in [0.1, 0.15) is 11.5 Å². The number of methoxy groups -OCH3 is 1. The quantitative estimate of drug-likeness (QED) is 0.705. The number of nitrogens with zero attached hydrogens (tertiary/aromatic N) is 2. The van der Waals surface area contributed by atoms with Crippen LogP contribution >= 0.6 is 0 Å². The molecular weight excluding hydrogens is 356 g/mol. The highest BCUT2D eigenvalue weighted by Gasteiger charge is 2.30. The predicted molar refractivity (Wildman–Crippen MR) is 107 cm³/mol. The van der Waals surface area contributed by atoms with Crippen molar-refractivity contribution in [3.05, 3.63) is 98.2 Å². The molecule has 28 heavy (non-hydrogen) atoms. The Kier molecular flexibility index (Phi) is 4.39. The molecule has 2 aromatic carbocycles. The number of allylic oxidation sites excluding steroid dienone is 1. The fourth-order valence-corrected chi connectivity index (χ4v) is 3.45. The standard InChI is InChI=1S/C22H20N2O4/c1-23-20(25)19-17(14-9-11-16(27-3)12-10-14)13-18(15-7-5-4-6-8-15)28-21(19)24(2)22(23)26/h4-13,17H,1-3H3. The summed E-state index contributed by atoms with van der Waals surface area (Å²) in [6, 6.07) is 17.2. The van der Waals surface area contributed by atoms with E-state index in [0.29, 0.717) is 11.3 Å². The van der Waals surface area contributed by atoms with Crippen molar-refractivity contribution in [2.75, 3.05) is 7.11 Å². The summed E-state index contributed by atoms with van der Waals surface area (Å²) in [5.41, 5.74) is 1.44. The largest absolute Gasteiger partial charge is 0.497 e. The fourth-order valence-electron chi connectivity index (χ4n) is 3.45. The second kappa shape index (κ2) is 6.88. The molecule has 0 spiro atoms. The van der Waals surface area contributed by atoms with E-state index < -0.39 is 5.69 Å². The van der Waals surface area contributed by atoms with Gasteiger partial charge in [-0.15, -0.1) is 0 Å². The van der Waals surface area contributed by atoms with Crippen molar-refractivity contribution in [2.45, 2.75) is 5.92 Å². The van der Waals surface area contributed by atoms with Gasteiger partial charge in [0, 0.05) is 25.6 Å². The first-order valence-corrected chi connectivity index (χ1v) is 8.90. The molecule has 2 heterocycles. The summed E-state index contributed by atoms with van der Waals surface area (Å²) in [5.74, 6) is 1.26. The van der Waals surface area contributed by atoms with E-state index in [2.05, 4.69) is 0 Å². The van der Waals surface area contributed by atoms with Gasteiger partial charge in [-0.05, 0) is 23.8 Å². The van der Waals surface area contributed by atoms with Crippen LogP contribution in [0.1, 0.15) is 22.6 Å². The van der Waals surface area contributed by atoms with Crippen molar-refractivity contribution in [2.24, 2.45) is 14.1 Å². The van der Waals surface area contributed by atoms with Crippen LogP contribution in [0.15, 0.2) is 70.3 Å². The SMILES string of the molecule is COc1ccc(C2C=C(c3ccccc3)Oc3c2c(=O)n(C)c(=O)n3C)cc1. The average molecular weight is 376 g/mol. The molecule has 6 nitrogen and oxygen atoms in total. The van der Waals surface area contributed by atoms with Crippen LogP contribution in [0.2, 0.25) is 0 Å². The summed E-state index contributed by atoms with van der Waals surface area (Å²) >= 11 is 0. The van der Waals surface area contributed by atoms with E-state index in [1.54, 1.807) is 14.2 Å². The predicted octanol–water partition coefficient (Wildman–Crippen LogP) is 2.66. The van der Waals surface area contributed by atoms with Crippen LogP contribution in [0.5, 0.6) is 11.6 Å². The first kappa shape index (κ1) is 17.9. The third kappa shape index (κ3) is 2.83. The number of benzene rings is 2. The summed E-state index contributed by atoms with van der Waals surface area (Å²) < 4.78 is 13.8. The molecule has 4 rings (SSSR count). The van der Waals surface area contributed by atoms with Crippen molar-refractivity contribution >= 4 is 5.76 Å². The number of aromatic nitrogens is 2. The molecule has 142 valence electrons. The molecule has 1 aliphatic rings. The van der Waals surface area contributed by atoms with Gasteiger partial charge in [0.2, 0.25) is 5.88 Å². The number of fused-ring (bicyclic) bond motifs is 1. The van der Waals surface area contributed by atoms with Gasteiger partial charge >= 0.3 is 5.69 Å². The lowest BCUT2D eigenvalue weighted by atomic mass is 9.89. The highest BCUT2D eigenvalue weighted by atomic mass is 16.5. The molecule has 6 heteroatoms. The first-order chi connectivity index (χ1) is 13.5. The highest BCUT2D eigenvalue weighted by Crippen LogP contribution is 2.38. The Morgan fingerprint density at radius 2 is 1.61 bits per heavy atom. The molecule has 0 saturated carbocycles. The van der Waals surface area contributed by atoms with E-state index in [-0.39, 0.29) is 17.4 Å². The van der Waals surface area contributed by atoms with Crippen molar-refractivity contribution in [3.8, 4) is 11.6 Å². The first-order valence-electron chi connectivity index (χ1n) is 8.90. The third-order valence-electron chi connectivity index (χ3n) is 5.01. The average Bonchev–Trinajstić information content (AvgIpc) is 2.76. The molecule has 1 aliphatic heterocycles. The molecule has 0 fully saturated rings. The van der Waals surface area contributed by atoms with Gasteiger partial charge in [-0.1, -0.05) is 42.5 Å². The normalized spacial score (nSPS) is 15.4. The number of rotatable bonds is 3. The van der Waals surface area contributed by atoms with Crippen LogP contribution in [0.3, 0.4) is 0 Å². The summed E-state index contributed by atoms with van der Waals surface area (Å²) in [4.78, 5) is 25.4. The second-order valence-electron chi connectivity index (χ2n) is 6.67. The van der Waals surface area contributed by atoms with E-state index in [0.717, 1.165) is 21.4 Å². The van der Waals surface area contributed by atoms with Gasteiger partial charge in [0.15, 0.2) is 0 Å². The maximum absolute atomic E-state index is 13.0. The van der Waals surface area contributed by atoms with E-state index in [4.69, 9.17) is 9.47 Å². The molecule has 0 N–H and O–H groups in total. The highest BCUT2D eigenvalue weighted by molar-refractivity contribution is 5.67. The Balaban J connectivity index is 1.97. The van der Waals surface area contributed by atoms with Crippen molar-refractivity contribution in [1.82, 2.24) is 9.13 Å². The minimum absolute atomic E-state index is 0.273. The zero-order chi connectivity index (χ0) is 19.8. The molecule has 0 saturated heterocycles.